The fourth-order valence-corrected chi connectivity index (χ4v) is 4.59. The third-order valence-corrected chi connectivity index (χ3v) is 6.59. The van der Waals surface area contributed by atoms with Crippen molar-refractivity contribution in [1.29, 1.82) is 0 Å². The van der Waals surface area contributed by atoms with Gasteiger partial charge in [-0.3, -0.25) is 4.79 Å². The molecule has 0 bridgehead atoms. The van der Waals surface area contributed by atoms with Gasteiger partial charge < -0.3 is 5.32 Å². The van der Waals surface area contributed by atoms with Crippen molar-refractivity contribution in [2.75, 3.05) is 12.0 Å². The van der Waals surface area contributed by atoms with Gasteiger partial charge in [-0.1, -0.05) is 24.3 Å². The lowest BCUT2D eigenvalue weighted by Crippen LogP contribution is -2.46. The van der Waals surface area contributed by atoms with Crippen LogP contribution in [-0.2, 0) is 21.4 Å². The molecule has 1 atom stereocenters. The zero-order valence-corrected chi connectivity index (χ0v) is 18.4. The Labute approximate surface area is 184 Å². The number of aromatic nitrogens is 3. The molecule has 11 heteroatoms. The molecule has 1 heterocycles. The summed E-state index contributed by atoms with van der Waals surface area (Å²) in [6.07, 6.45) is 5.14. The van der Waals surface area contributed by atoms with Gasteiger partial charge in [-0.25, -0.2) is 22.5 Å². The highest BCUT2D eigenvalue weighted by Gasteiger charge is 2.27. The lowest BCUT2D eigenvalue weighted by atomic mass is 10.2. The number of nitrogens with one attached hydrogen (secondary N) is 2. The van der Waals surface area contributed by atoms with Crippen molar-refractivity contribution in [2.24, 2.45) is 0 Å². The van der Waals surface area contributed by atoms with Gasteiger partial charge in [-0.2, -0.15) is 21.6 Å². The quantitative estimate of drug-likeness (QED) is 0.477. The van der Waals surface area contributed by atoms with Gasteiger partial charge in [0.05, 0.1) is 5.69 Å². The summed E-state index contributed by atoms with van der Waals surface area (Å²) in [7, 11) is -4.19. The maximum Gasteiger partial charge on any atom is 0.244 e. The van der Waals surface area contributed by atoms with E-state index in [1.54, 1.807) is 11.0 Å². The molecule has 2 N–H and O–H groups in total. The second-order valence-corrected chi connectivity index (χ2v) is 9.28. The highest BCUT2D eigenvalue weighted by Crippen LogP contribution is 2.15. The number of carbonyl (C=O) groups is 1. The number of hydrogen-bond acceptors (Lipinski definition) is 6. The van der Waals surface area contributed by atoms with E-state index in [9.17, 15) is 17.6 Å². The van der Waals surface area contributed by atoms with Crippen LogP contribution in [0.25, 0.3) is 5.69 Å². The molecular formula is C20H22FN5O3S2. The smallest absolute Gasteiger partial charge is 0.244 e. The maximum absolute atomic E-state index is 14.0. The van der Waals surface area contributed by atoms with E-state index >= 15 is 0 Å². The molecule has 0 aliphatic carbocycles. The zero-order valence-electron chi connectivity index (χ0n) is 16.7. The van der Waals surface area contributed by atoms with Gasteiger partial charge >= 0.3 is 0 Å². The number of carbonyl (C=O) groups excluding carboxylic acids is 1. The molecule has 164 valence electrons. The number of thioether (sulfide) groups is 1. The molecule has 1 amide bonds. The lowest BCUT2D eigenvalue weighted by Gasteiger charge is -2.18. The number of nitrogens with zero attached hydrogens (tertiary/aromatic N) is 3. The van der Waals surface area contributed by atoms with E-state index in [0.29, 0.717) is 5.75 Å². The van der Waals surface area contributed by atoms with E-state index in [1.807, 2.05) is 30.5 Å². The number of hydrogen-bond donors (Lipinski definition) is 2. The Hall–Kier alpha value is -2.76. The zero-order chi connectivity index (χ0) is 22.3. The second kappa shape index (κ2) is 10.5. The monoisotopic (exact) mass is 463 g/mol. The van der Waals surface area contributed by atoms with Crippen LogP contribution >= 0.6 is 11.8 Å². The molecular weight excluding hydrogens is 441 g/mol. The summed E-state index contributed by atoms with van der Waals surface area (Å²) in [5.41, 5.74) is 1.65. The minimum absolute atomic E-state index is 0.216. The molecule has 0 saturated heterocycles. The van der Waals surface area contributed by atoms with Crippen molar-refractivity contribution in [3.8, 4) is 5.69 Å². The first kappa shape index (κ1) is 22.9. The molecule has 0 radical (unpaired) electrons. The Balaban J connectivity index is 1.66. The largest absolute Gasteiger partial charge is 0.351 e. The molecule has 31 heavy (non-hydrogen) atoms. The van der Waals surface area contributed by atoms with Gasteiger partial charge in [0.25, 0.3) is 0 Å². The molecule has 2 aromatic carbocycles. The minimum atomic E-state index is -4.19. The molecule has 0 spiro atoms. The summed E-state index contributed by atoms with van der Waals surface area (Å²) in [6.45, 7) is 0.216. The number of sulfonamides is 1. The molecule has 3 aromatic rings. The summed E-state index contributed by atoms with van der Waals surface area (Å²) in [5, 5.41) is 6.80. The normalized spacial score (nSPS) is 12.5. The fraction of sp³-hybridized carbons (Fsp3) is 0.250. The summed E-state index contributed by atoms with van der Waals surface area (Å²) in [5.74, 6) is -0.786. The molecule has 1 unspecified atom stereocenters. The third kappa shape index (κ3) is 6.12. The maximum atomic E-state index is 14.0. The topological polar surface area (TPSA) is 106 Å². The van der Waals surface area contributed by atoms with Crippen molar-refractivity contribution in [2.45, 2.75) is 23.9 Å². The van der Waals surface area contributed by atoms with Crippen LogP contribution < -0.4 is 10.0 Å². The molecule has 0 fully saturated rings. The average molecular weight is 464 g/mol. The van der Waals surface area contributed by atoms with Crippen LogP contribution in [0.15, 0.2) is 66.1 Å². The SMILES string of the molecule is CSCCC(NS(=O)(=O)c1ccccc1F)C(=O)NCc1ccc(-n2cncn2)cc1. The van der Waals surface area contributed by atoms with Gasteiger partial charge in [0.15, 0.2) is 0 Å². The Morgan fingerprint density at radius 2 is 1.94 bits per heavy atom. The van der Waals surface area contributed by atoms with E-state index in [2.05, 4.69) is 20.1 Å². The van der Waals surface area contributed by atoms with Crippen LogP contribution in [0.5, 0.6) is 0 Å². The van der Waals surface area contributed by atoms with E-state index in [1.165, 1.54) is 30.2 Å². The van der Waals surface area contributed by atoms with Crippen LogP contribution in [0.2, 0.25) is 0 Å². The highest BCUT2D eigenvalue weighted by atomic mass is 32.2. The Kier molecular flexibility index (Phi) is 7.77. The predicted molar refractivity (Wildman–Crippen MR) is 117 cm³/mol. The fourth-order valence-electron chi connectivity index (χ4n) is 2.81. The standard InChI is InChI=1S/C20H22FN5O3S2/c1-30-11-10-18(25-31(28,29)19-5-3-2-4-17(19)21)20(27)23-12-15-6-8-16(9-7-15)26-14-22-13-24-26/h2-9,13-14,18,25H,10-12H2,1H3,(H,23,27). The van der Waals surface area contributed by atoms with Crippen LogP contribution in [0.1, 0.15) is 12.0 Å². The molecule has 0 saturated carbocycles. The number of halogens is 1. The average Bonchev–Trinajstić information content (AvgIpc) is 3.30. The first-order valence-corrected chi connectivity index (χ1v) is 12.3. The van der Waals surface area contributed by atoms with Crippen LogP contribution in [0, 0.1) is 5.82 Å². The van der Waals surface area contributed by atoms with Gasteiger partial charge in [0.1, 0.15) is 29.4 Å². The van der Waals surface area contributed by atoms with Crippen LogP contribution in [-0.4, -0.2) is 47.1 Å². The lowest BCUT2D eigenvalue weighted by molar-refractivity contribution is -0.122. The second-order valence-electron chi connectivity index (χ2n) is 6.61. The summed E-state index contributed by atoms with van der Waals surface area (Å²) >= 11 is 1.48. The molecule has 0 aliphatic heterocycles. The van der Waals surface area contributed by atoms with E-state index in [0.717, 1.165) is 23.4 Å². The Morgan fingerprint density at radius 3 is 2.58 bits per heavy atom. The molecule has 8 nitrogen and oxygen atoms in total. The minimum Gasteiger partial charge on any atom is -0.351 e. The third-order valence-electron chi connectivity index (χ3n) is 4.44. The van der Waals surface area contributed by atoms with E-state index in [-0.39, 0.29) is 13.0 Å². The van der Waals surface area contributed by atoms with E-state index < -0.39 is 32.7 Å². The number of amides is 1. The van der Waals surface area contributed by atoms with Crippen LogP contribution in [0.4, 0.5) is 4.39 Å². The first-order chi connectivity index (χ1) is 14.9. The van der Waals surface area contributed by atoms with Crippen molar-refractivity contribution in [3.63, 3.8) is 0 Å². The molecule has 0 aliphatic rings. The van der Waals surface area contributed by atoms with Crippen molar-refractivity contribution in [3.05, 3.63) is 72.6 Å². The van der Waals surface area contributed by atoms with Gasteiger partial charge in [0.2, 0.25) is 15.9 Å². The molecule has 3 rings (SSSR count). The Bertz CT molecular complexity index is 1110. The summed E-state index contributed by atoms with van der Waals surface area (Å²) < 4.78 is 43.1. The number of benzene rings is 2. The van der Waals surface area contributed by atoms with Crippen LogP contribution in [0.3, 0.4) is 0 Å². The number of rotatable bonds is 10. The van der Waals surface area contributed by atoms with Crippen molar-refractivity contribution >= 4 is 27.7 Å². The van der Waals surface area contributed by atoms with Gasteiger partial charge in [-0.15, -0.1) is 0 Å². The van der Waals surface area contributed by atoms with Crippen molar-refractivity contribution < 1.29 is 17.6 Å². The van der Waals surface area contributed by atoms with Crippen molar-refractivity contribution in [1.82, 2.24) is 24.8 Å². The summed E-state index contributed by atoms with van der Waals surface area (Å²) in [6, 6.07) is 11.4. The highest BCUT2D eigenvalue weighted by molar-refractivity contribution is 7.98. The predicted octanol–water partition coefficient (Wildman–Crippen LogP) is 2.12. The van der Waals surface area contributed by atoms with Gasteiger partial charge in [-0.05, 0) is 48.3 Å². The molecule has 1 aromatic heterocycles. The Morgan fingerprint density at radius 1 is 1.19 bits per heavy atom. The first-order valence-electron chi connectivity index (χ1n) is 9.38. The summed E-state index contributed by atoms with van der Waals surface area (Å²) in [4.78, 5) is 16.1. The van der Waals surface area contributed by atoms with E-state index in [4.69, 9.17) is 0 Å². The van der Waals surface area contributed by atoms with Gasteiger partial charge in [0, 0.05) is 6.54 Å².